The number of para-hydroxylation sites is 1. The average Bonchev–Trinajstić information content (AvgIpc) is 2.84. The van der Waals surface area contributed by atoms with Crippen molar-refractivity contribution in [1.82, 2.24) is 5.32 Å². The lowest BCUT2D eigenvalue weighted by molar-refractivity contribution is 0.0697. The summed E-state index contributed by atoms with van der Waals surface area (Å²) in [6, 6.07) is 4.74. The Bertz CT molecular complexity index is 690. The summed E-state index contributed by atoms with van der Waals surface area (Å²) in [5.41, 5.74) is -0.654. The van der Waals surface area contributed by atoms with E-state index in [1.165, 1.54) is 23.5 Å². The summed E-state index contributed by atoms with van der Waals surface area (Å²) in [7, 11) is 0. The fourth-order valence-electron chi connectivity index (χ4n) is 1.60. The lowest BCUT2D eigenvalue weighted by atomic mass is 10.1. The summed E-state index contributed by atoms with van der Waals surface area (Å²) in [6.07, 6.45) is 0. The van der Waals surface area contributed by atoms with E-state index in [-0.39, 0.29) is 17.8 Å². The van der Waals surface area contributed by atoms with Crippen LogP contribution in [0.2, 0.25) is 0 Å². The highest BCUT2D eigenvalue weighted by molar-refractivity contribution is 9.10. The molecule has 3 N–H and O–H groups in total. The minimum Gasteiger partial charge on any atom is -0.478 e. The molecule has 0 spiro atoms. The summed E-state index contributed by atoms with van der Waals surface area (Å²) in [5.74, 6) is -2.11. The van der Waals surface area contributed by atoms with E-state index < -0.39 is 17.8 Å². The number of rotatable bonds is 4. The van der Waals surface area contributed by atoms with Gasteiger partial charge in [0.15, 0.2) is 0 Å². The Morgan fingerprint density at radius 3 is 2.76 bits per heavy atom. The number of aromatic carboxylic acids is 1. The van der Waals surface area contributed by atoms with Crippen molar-refractivity contribution in [2.45, 2.75) is 6.54 Å². The smallest absolute Gasteiger partial charge is 0.337 e. The third-order valence-corrected chi connectivity index (χ3v) is 4.23. The second-order valence-corrected chi connectivity index (χ2v) is 5.92. The van der Waals surface area contributed by atoms with Crippen LogP contribution >= 0.6 is 27.3 Å². The molecule has 0 unspecified atom stereocenters. The highest BCUT2D eigenvalue weighted by atomic mass is 79.9. The SMILES string of the molecule is O=C(NCc1cc(Br)cs1)Nc1c(F)cccc1C(=O)O. The molecule has 0 aliphatic heterocycles. The van der Waals surface area contributed by atoms with Crippen molar-refractivity contribution in [2.24, 2.45) is 0 Å². The molecular formula is C13H10BrFN2O3S. The maximum Gasteiger partial charge on any atom is 0.337 e. The van der Waals surface area contributed by atoms with Crippen LogP contribution in [0.15, 0.2) is 34.1 Å². The molecule has 0 saturated carbocycles. The molecule has 1 heterocycles. The number of halogens is 2. The number of carbonyl (C=O) groups is 2. The van der Waals surface area contributed by atoms with Gasteiger partial charge in [0, 0.05) is 14.7 Å². The van der Waals surface area contributed by atoms with Gasteiger partial charge in [0.1, 0.15) is 5.82 Å². The zero-order chi connectivity index (χ0) is 15.4. The predicted octanol–water partition coefficient (Wildman–Crippen LogP) is 3.67. The number of hydrogen-bond donors (Lipinski definition) is 3. The summed E-state index contributed by atoms with van der Waals surface area (Å²) in [6.45, 7) is 0.263. The summed E-state index contributed by atoms with van der Waals surface area (Å²) in [5, 5.41) is 15.6. The lowest BCUT2D eigenvalue weighted by Crippen LogP contribution is -2.29. The maximum absolute atomic E-state index is 13.6. The minimum atomic E-state index is -1.31. The van der Waals surface area contributed by atoms with Crippen LogP contribution in [0.4, 0.5) is 14.9 Å². The van der Waals surface area contributed by atoms with Crippen LogP contribution in [0.5, 0.6) is 0 Å². The van der Waals surface area contributed by atoms with Crippen LogP contribution in [-0.4, -0.2) is 17.1 Å². The Morgan fingerprint density at radius 1 is 1.38 bits per heavy atom. The number of amides is 2. The standard InChI is InChI=1S/C13H10BrFN2O3S/c14-7-4-8(21-6-7)5-16-13(20)17-11-9(12(18)19)2-1-3-10(11)15/h1-4,6H,5H2,(H,18,19)(H2,16,17,20). The molecule has 0 bridgehead atoms. The van der Waals surface area contributed by atoms with Crippen LogP contribution in [-0.2, 0) is 6.54 Å². The molecule has 8 heteroatoms. The quantitative estimate of drug-likeness (QED) is 0.765. The average molecular weight is 373 g/mol. The molecule has 5 nitrogen and oxygen atoms in total. The zero-order valence-corrected chi connectivity index (χ0v) is 12.9. The number of benzene rings is 1. The van der Waals surface area contributed by atoms with Crippen LogP contribution < -0.4 is 10.6 Å². The summed E-state index contributed by atoms with van der Waals surface area (Å²) < 4.78 is 14.5. The molecule has 0 atom stereocenters. The van der Waals surface area contributed by atoms with Gasteiger partial charge in [0.05, 0.1) is 17.8 Å². The van der Waals surface area contributed by atoms with E-state index in [1.54, 1.807) is 0 Å². The van der Waals surface area contributed by atoms with Crippen molar-refractivity contribution in [3.8, 4) is 0 Å². The maximum atomic E-state index is 13.6. The molecule has 0 saturated heterocycles. The van der Waals surface area contributed by atoms with Crippen molar-refractivity contribution in [3.63, 3.8) is 0 Å². The molecular weight excluding hydrogens is 363 g/mol. The Morgan fingerprint density at radius 2 is 2.14 bits per heavy atom. The fourth-order valence-corrected chi connectivity index (χ4v) is 2.99. The highest BCUT2D eigenvalue weighted by Gasteiger charge is 2.16. The van der Waals surface area contributed by atoms with E-state index in [0.29, 0.717) is 0 Å². The van der Waals surface area contributed by atoms with Crippen molar-refractivity contribution < 1.29 is 19.1 Å². The van der Waals surface area contributed by atoms with E-state index in [0.717, 1.165) is 15.4 Å². The largest absolute Gasteiger partial charge is 0.478 e. The number of hydrogen-bond acceptors (Lipinski definition) is 3. The molecule has 1 aromatic heterocycles. The topological polar surface area (TPSA) is 78.4 Å². The van der Waals surface area contributed by atoms with Crippen molar-refractivity contribution in [2.75, 3.05) is 5.32 Å². The second kappa shape index (κ2) is 6.68. The van der Waals surface area contributed by atoms with Gasteiger partial charge in [-0.2, -0.15) is 0 Å². The third-order valence-electron chi connectivity index (χ3n) is 2.53. The molecule has 2 amide bonds. The van der Waals surface area contributed by atoms with E-state index in [2.05, 4.69) is 26.6 Å². The first-order chi connectivity index (χ1) is 9.97. The lowest BCUT2D eigenvalue weighted by Gasteiger charge is -2.10. The molecule has 0 aliphatic rings. The Hall–Kier alpha value is -1.93. The highest BCUT2D eigenvalue weighted by Crippen LogP contribution is 2.21. The first-order valence-corrected chi connectivity index (χ1v) is 7.44. The van der Waals surface area contributed by atoms with Crippen LogP contribution in [0.3, 0.4) is 0 Å². The van der Waals surface area contributed by atoms with Crippen LogP contribution in [0.1, 0.15) is 15.2 Å². The van der Waals surface area contributed by atoms with E-state index in [9.17, 15) is 14.0 Å². The number of carboxylic acids is 1. The summed E-state index contributed by atoms with van der Waals surface area (Å²) >= 11 is 4.75. The molecule has 2 rings (SSSR count). The van der Waals surface area contributed by atoms with Gasteiger partial charge in [-0.05, 0) is 34.1 Å². The first kappa shape index (κ1) is 15.5. The van der Waals surface area contributed by atoms with Crippen LogP contribution in [0, 0.1) is 5.82 Å². The van der Waals surface area contributed by atoms with Gasteiger partial charge in [0.2, 0.25) is 0 Å². The monoisotopic (exact) mass is 372 g/mol. The number of carboxylic acid groups (broad SMARTS) is 1. The van der Waals surface area contributed by atoms with Gasteiger partial charge in [0.25, 0.3) is 0 Å². The van der Waals surface area contributed by atoms with E-state index in [1.807, 2.05) is 11.4 Å². The van der Waals surface area contributed by atoms with Gasteiger partial charge in [-0.1, -0.05) is 6.07 Å². The molecule has 0 fully saturated rings. The zero-order valence-electron chi connectivity index (χ0n) is 10.5. The number of anilines is 1. The molecule has 110 valence electrons. The predicted molar refractivity (Wildman–Crippen MR) is 81.2 cm³/mol. The van der Waals surface area contributed by atoms with Gasteiger partial charge in [-0.15, -0.1) is 11.3 Å². The van der Waals surface area contributed by atoms with Gasteiger partial charge < -0.3 is 15.7 Å². The number of nitrogens with one attached hydrogen (secondary N) is 2. The molecule has 21 heavy (non-hydrogen) atoms. The van der Waals surface area contributed by atoms with Gasteiger partial charge in [-0.3, -0.25) is 0 Å². The van der Waals surface area contributed by atoms with Gasteiger partial charge >= 0.3 is 12.0 Å². The summed E-state index contributed by atoms with van der Waals surface area (Å²) in [4.78, 5) is 23.6. The molecule has 0 aliphatic carbocycles. The van der Waals surface area contributed by atoms with E-state index in [4.69, 9.17) is 5.11 Å². The van der Waals surface area contributed by atoms with Gasteiger partial charge in [-0.25, -0.2) is 14.0 Å². The van der Waals surface area contributed by atoms with Crippen molar-refractivity contribution >= 4 is 45.0 Å². The normalized spacial score (nSPS) is 10.2. The molecule has 0 radical (unpaired) electrons. The third kappa shape index (κ3) is 4.02. The first-order valence-electron chi connectivity index (χ1n) is 5.77. The Kier molecular flexibility index (Phi) is 4.92. The van der Waals surface area contributed by atoms with Crippen molar-refractivity contribution in [3.05, 3.63) is 50.4 Å². The number of carbonyl (C=O) groups excluding carboxylic acids is 1. The molecule has 1 aromatic carbocycles. The number of thiophene rings is 1. The number of urea groups is 1. The second-order valence-electron chi connectivity index (χ2n) is 4.01. The fraction of sp³-hybridized carbons (Fsp3) is 0.0769. The Labute approximate surface area is 131 Å². The minimum absolute atomic E-state index is 0.263. The molecule has 2 aromatic rings. The van der Waals surface area contributed by atoms with Crippen molar-refractivity contribution in [1.29, 1.82) is 0 Å². The van der Waals surface area contributed by atoms with E-state index >= 15 is 0 Å². The van der Waals surface area contributed by atoms with Crippen LogP contribution in [0.25, 0.3) is 0 Å². The Balaban J connectivity index is 2.04.